The first kappa shape index (κ1) is 19.2. The molecule has 1 aliphatic rings. The van der Waals surface area contributed by atoms with E-state index in [-0.39, 0.29) is 18.3 Å². The fraction of sp³-hybridized carbons (Fsp3) is 0.455. The number of carbonyl (C=O) groups is 2. The molecular weight excluding hydrogens is 340 g/mol. The molecule has 1 aromatic heterocycles. The van der Waals surface area contributed by atoms with Crippen molar-refractivity contribution in [1.82, 2.24) is 10.3 Å². The van der Waals surface area contributed by atoms with Crippen LogP contribution in [0.1, 0.15) is 51.0 Å². The van der Waals surface area contributed by atoms with Crippen LogP contribution < -0.4 is 5.32 Å². The third-order valence-corrected chi connectivity index (χ3v) is 5.08. The van der Waals surface area contributed by atoms with Crippen molar-refractivity contribution in [1.29, 1.82) is 0 Å². The van der Waals surface area contributed by atoms with Gasteiger partial charge in [-0.05, 0) is 57.1 Å². The summed E-state index contributed by atoms with van der Waals surface area (Å²) in [5.74, 6) is -0.579. The number of rotatable bonds is 8. The second-order valence-electron chi connectivity index (χ2n) is 7.14. The number of allylic oxidation sites excluding steroid dienone is 1. The molecule has 0 radical (unpaired) electrons. The molecule has 2 aromatic rings. The Morgan fingerprint density at radius 1 is 1.22 bits per heavy atom. The first-order valence-corrected chi connectivity index (χ1v) is 9.83. The van der Waals surface area contributed by atoms with Crippen LogP contribution in [0.4, 0.5) is 0 Å². The molecule has 0 aliphatic heterocycles. The van der Waals surface area contributed by atoms with Crippen LogP contribution >= 0.6 is 0 Å². The molecule has 3 rings (SSSR count). The van der Waals surface area contributed by atoms with Gasteiger partial charge in [-0.2, -0.15) is 0 Å². The molecule has 1 atom stereocenters. The van der Waals surface area contributed by atoms with Crippen molar-refractivity contribution in [3.05, 3.63) is 47.7 Å². The highest BCUT2D eigenvalue weighted by molar-refractivity contribution is 5.85. The molecule has 0 spiro atoms. The molecule has 27 heavy (non-hydrogen) atoms. The standard InChI is InChI=1S/C22H28N2O3/c1-16(22(26)23-14-13-17-7-3-2-4-8-17)27-21(25)12-11-18-15-24-20-10-6-5-9-19(18)20/h5-7,9-10,15-16,24H,2-4,8,11-14H2,1H3,(H,23,26)/t16-/m0/s1. The number of para-hydroxylation sites is 1. The lowest BCUT2D eigenvalue weighted by molar-refractivity contribution is -0.154. The quantitative estimate of drug-likeness (QED) is 0.546. The number of H-pyrrole nitrogens is 1. The molecule has 0 unspecified atom stereocenters. The maximum Gasteiger partial charge on any atom is 0.306 e. The van der Waals surface area contributed by atoms with Gasteiger partial charge in [-0.1, -0.05) is 29.8 Å². The van der Waals surface area contributed by atoms with Crippen LogP contribution in [0.25, 0.3) is 10.9 Å². The summed E-state index contributed by atoms with van der Waals surface area (Å²) >= 11 is 0. The van der Waals surface area contributed by atoms with Crippen LogP contribution in [0.3, 0.4) is 0 Å². The number of esters is 1. The van der Waals surface area contributed by atoms with Gasteiger partial charge in [0.05, 0.1) is 0 Å². The summed E-state index contributed by atoms with van der Waals surface area (Å²) in [5, 5.41) is 3.99. The van der Waals surface area contributed by atoms with E-state index in [0.29, 0.717) is 13.0 Å². The van der Waals surface area contributed by atoms with E-state index in [4.69, 9.17) is 4.74 Å². The van der Waals surface area contributed by atoms with Crippen molar-refractivity contribution in [2.45, 2.75) is 58.0 Å². The number of fused-ring (bicyclic) bond motifs is 1. The molecular formula is C22H28N2O3. The number of benzene rings is 1. The fourth-order valence-corrected chi connectivity index (χ4v) is 3.51. The average molecular weight is 368 g/mol. The molecule has 1 amide bonds. The van der Waals surface area contributed by atoms with Gasteiger partial charge in [0.15, 0.2) is 6.10 Å². The molecule has 2 N–H and O–H groups in total. The zero-order valence-electron chi connectivity index (χ0n) is 15.9. The van der Waals surface area contributed by atoms with E-state index < -0.39 is 6.10 Å². The summed E-state index contributed by atoms with van der Waals surface area (Å²) in [5.41, 5.74) is 3.56. The number of aryl methyl sites for hydroxylation is 1. The molecule has 5 heteroatoms. The van der Waals surface area contributed by atoms with Crippen molar-refractivity contribution < 1.29 is 14.3 Å². The van der Waals surface area contributed by atoms with Crippen LogP contribution in [0.15, 0.2) is 42.1 Å². The first-order valence-electron chi connectivity index (χ1n) is 9.83. The molecule has 1 aromatic carbocycles. The van der Waals surface area contributed by atoms with Gasteiger partial charge in [0.25, 0.3) is 5.91 Å². The Hall–Kier alpha value is -2.56. The molecule has 0 saturated carbocycles. The maximum atomic E-state index is 12.1. The molecule has 0 bridgehead atoms. The van der Waals surface area contributed by atoms with Gasteiger partial charge in [0, 0.05) is 30.1 Å². The topological polar surface area (TPSA) is 71.2 Å². The van der Waals surface area contributed by atoms with E-state index >= 15 is 0 Å². The largest absolute Gasteiger partial charge is 0.453 e. The SMILES string of the molecule is C[C@H](OC(=O)CCc1c[nH]c2ccccc12)C(=O)NCCC1=CCCCC1. The van der Waals surface area contributed by atoms with Gasteiger partial charge in [-0.25, -0.2) is 0 Å². The molecule has 1 aliphatic carbocycles. The van der Waals surface area contributed by atoms with Gasteiger partial charge >= 0.3 is 5.97 Å². The van der Waals surface area contributed by atoms with Gasteiger partial charge in [-0.15, -0.1) is 0 Å². The predicted octanol–water partition coefficient (Wildman–Crippen LogP) is 4.04. The lowest BCUT2D eigenvalue weighted by atomic mass is 9.97. The van der Waals surface area contributed by atoms with E-state index in [9.17, 15) is 9.59 Å². The zero-order valence-corrected chi connectivity index (χ0v) is 15.9. The normalized spacial score (nSPS) is 15.2. The fourth-order valence-electron chi connectivity index (χ4n) is 3.51. The highest BCUT2D eigenvalue weighted by Crippen LogP contribution is 2.20. The zero-order chi connectivity index (χ0) is 19.1. The molecule has 144 valence electrons. The highest BCUT2D eigenvalue weighted by atomic mass is 16.5. The van der Waals surface area contributed by atoms with Gasteiger partial charge < -0.3 is 15.0 Å². The second kappa shape index (κ2) is 9.40. The number of ether oxygens (including phenoxy) is 1. The third-order valence-electron chi connectivity index (χ3n) is 5.08. The summed E-state index contributed by atoms with van der Waals surface area (Å²) in [6, 6.07) is 7.99. The molecule has 1 heterocycles. The lowest BCUT2D eigenvalue weighted by Crippen LogP contribution is -2.36. The Balaban J connectivity index is 1.39. The average Bonchev–Trinajstić information content (AvgIpc) is 3.10. The summed E-state index contributed by atoms with van der Waals surface area (Å²) in [7, 11) is 0. The molecule has 0 saturated heterocycles. The van der Waals surface area contributed by atoms with Crippen LogP contribution in [0.5, 0.6) is 0 Å². The van der Waals surface area contributed by atoms with Gasteiger partial charge in [-0.3, -0.25) is 9.59 Å². The minimum absolute atomic E-state index is 0.230. The number of aromatic amines is 1. The Morgan fingerprint density at radius 3 is 2.89 bits per heavy atom. The van der Waals surface area contributed by atoms with Gasteiger partial charge in [0.1, 0.15) is 0 Å². The van der Waals surface area contributed by atoms with Crippen LogP contribution in [-0.2, 0) is 20.7 Å². The van der Waals surface area contributed by atoms with Gasteiger partial charge in [0.2, 0.25) is 0 Å². The minimum atomic E-state index is -0.763. The van der Waals surface area contributed by atoms with E-state index in [0.717, 1.165) is 35.7 Å². The Morgan fingerprint density at radius 2 is 2.07 bits per heavy atom. The molecule has 5 nitrogen and oxygen atoms in total. The van der Waals surface area contributed by atoms with E-state index in [1.54, 1.807) is 6.92 Å². The van der Waals surface area contributed by atoms with Crippen LogP contribution in [-0.4, -0.2) is 29.5 Å². The number of hydrogen-bond donors (Lipinski definition) is 2. The van der Waals surface area contributed by atoms with Crippen molar-refractivity contribution in [3.63, 3.8) is 0 Å². The van der Waals surface area contributed by atoms with Crippen molar-refractivity contribution in [2.24, 2.45) is 0 Å². The Labute approximate surface area is 160 Å². The minimum Gasteiger partial charge on any atom is -0.453 e. The summed E-state index contributed by atoms with van der Waals surface area (Å²) in [6.45, 7) is 2.22. The smallest absolute Gasteiger partial charge is 0.306 e. The van der Waals surface area contributed by atoms with Crippen molar-refractivity contribution in [2.75, 3.05) is 6.54 Å². The summed E-state index contributed by atoms with van der Waals surface area (Å²) in [6.07, 6.45) is 9.96. The maximum absolute atomic E-state index is 12.1. The second-order valence-corrected chi connectivity index (χ2v) is 7.14. The van der Waals surface area contributed by atoms with Crippen LogP contribution in [0.2, 0.25) is 0 Å². The predicted molar refractivity (Wildman–Crippen MR) is 106 cm³/mol. The van der Waals surface area contributed by atoms with Crippen molar-refractivity contribution in [3.8, 4) is 0 Å². The van der Waals surface area contributed by atoms with Crippen molar-refractivity contribution >= 4 is 22.8 Å². The third kappa shape index (κ3) is 5.46. The van der Waals surface area contributed by atoms with E-state index in [2.05, 4.69) is 16.4 Å². The number of carbonyl (C=O) groups excluding carboxylic acids is 2. The van der Waals surface area contributed by atoms with Crippen LogP contribution in [0, 0.1) is 0 Å². The monoisotopic (exact) mass is 368 g/mol. The summed E-state index contributed by atoms with van der Waals surface area (Å²) in [4.78, 5) is 27.4. The first-order chi connectivity index (χ1) is 13.1. The van der Waals surface area contributed by atoms with E-state index in [1.165, 1.54) is 18.4 Å². The number of nitrogens with one attached hydrogen (secondary N) is 2. The number of amides is 1. The molecule has 0 fully saturated rings. The Kier molecular flexibility index (Phi) is 6.69. The lowest BCUT2D eigenvalue weighted by Gasteiger charge is -2.15. The summed E-state index contributed by atoms with van der Waals surface area (Å²) < 4.78 is 5.29. The number of hydrogen-bond acceptors (Lipinski definition) is 3. The number of aromatic nitrogens is 1. The van der Waals surface area contributed by atoms with E-state index in [1.807, 2.05) is 30.5 Å². The highest BCUT2D eigenvalue weighted by Gasteiger charge is 2.18. The Bertz CT molecular complexity index is 822.